The molecule has 0 saturated carbocycles. The van der Waals surface area contributed by atoms with Gasteiger partial charge in [0, 0.05) is 63.0 Å². The van der Waals surface area contributed by atoms with Gasteiger partial charge in [-0.15, -0.1) is 0 Å². The summed E-state index contributed by atoms with van der Waals surface area (Å²) in [6.45, 7) is 0.0297. The van der Waals surface area contributed by atoms with Crippen molar-refractivity contribution in [3.05, 3.63) is 95.6 Å². The molecule has 1 aliphatic heterocycles. The van der Waals surface area contributed by atoms with Crippen LogP contribution in [0.5, 0.6) is 11.5 Å². The summed E-state index contributed by atoms with van der Waals surface area (Å²) in [7, 11) is 3.01. The fourth-order valence-corrected chi connectivity index (χ4v) is 4.00. The summed E-state index contributed by atoms with van der Waals surface area (Å²) in [5, 5.41) is 9.97. The van der Waals surface area contributed by atoms with E-state index in [9.17, 15) is 14.7 Å². The van der Waals surface area contributed by atoms with E-state index < -0.39 is 30.4 Å². The molecule has 1 unspecified atom stereocenters. The molecule has 1 fully saturated rings. The first-order valence-corrected chi connectivity index (χ1v) is 10.7. The predicted octanol–water partition coefficient (Wildman–Crippen LogP) is 4.19. The molecule has 35 heavy (non-hydrogen) atoms. The Morgan fingerprint density at radius 1 is 0.943 bits per heavy atom. The Kier molecular flexibility index (Phi) is 9.73. The molecule has 1 radical (unpaired) electrons. The zero-order chi connectivity index (χ0) is 24.1. The minimum Gasteiger partial charge on any atom is -0.497 e. The second kappa shape index (κ2) is 12.5. The normalized spacial score (nSPS) is 18.9. The van der Waals surface area contributed by atoms with Gasteiger partial charge in [0.2, 0.25) is 0 Å². The van der Waals surface area contributed by atoms with Gasteiger partial charge in [-0.2, -0.15) is 0 Å². The summed E-state index contributed by atoms with van der Waals surface area (Å²) in [4.78, 5) is 27.0. The number of carboxylic acid groups (broad SMARTS) is 1. The van der Waals surface area contributed by atoms with Crippen LogP contribution in [0.25, 0.3) is 0 Å². The van der Waals surface area contributed by atoms with Gasteiger partial charge in [0.25, 0.3) is 0 Å². The Morgan fingerprint density at radius 3 is 2.20 bits per heavy atom. The molecule has 177 valence electrons. The number of amides is 1. The minimum absolute atomic E-state index is 0. The van der Waals surface area contributed by atoms with E-state index in [1.54, 1.807) is 42.5 Å². The molecule has 1 amide bonds. The number of hydrogen-bond acceptors (Lipinski definition) is 6. The molecular formula is C26H25KNO7. The number of aliphatic carboxylic acids is 1. The molecule has 0 aromatic heterocycles. The molecule has 0 spiro atoms. The Labute approximate surface area is 246 Å². The van der Waals surface area contributed by atoms with Crippen LogP contribution in [0.2, 0.25) is 0 Å². The molecule has 9 heteroatoms. The molecule has 1 aliphatic rings. The summed E-state index contributed by atoms with van der Waals surface area (Å²) >= 11 is 0. The number of nitrogens with zero attached hydrogens (tertiary/aromatic N) is 1. The van der Waals surface area contributed by atoms with Gasteiger partial charge in [0.15, 0.2) is 12.3 Å². The molecule has 3 aromatic carbocycles. The van der Waals surface area contributed by atoms with Crippen LogP contribution in [-0.4, -0.2) is 93.8 Å². The maximum absolute atomic E-state index is 13.4. The van der Waals surface area contributed by atoms with Crippen LogP contribution in [0.4, 0.5) is 4.79 Å². The van der Waals surface area contributed by atoms with E-state index in [4.69, 9.17) is 18.9 Å². The summed E-state index contributed by atoms with van der Waals surface area (Å²) in [6, 6.07) is 22.3. The van der Waals surface area contributed by atoms with Crippen LogP contribution in [0.1, 0.15) is 29.0 Å². The third-order valence-corrected chi connectivity index (χ3v) is 5.62. The van der Waals surface area contributed by atoms with Gasteiger partial charge in [0.05, 0.1) is 14.2 Å². The molecule has 1 heterocycles. The quantitative estimate of drug-likeness (QED) is 0.484. The van der Waals surface area contributed by atoms with Crippen molar-refractivity contribution in [2.45, 2.75) is 25.0 Å². The van der Waals surface area contributed by atoms with Crippen molar-refractivity contribution in [2.75, 3.05) is 14.2 Å². The average Bonchev–Trinajstić information content (AvgIpc) is 3.29. The number of methoxy groups -OCH3 is 2. The van der Waals surface area contributed by atoms with E-state index in [0.29, 0.717) is 22.6 Å². The Bertz CT molecular complexity index is 1140. The minimum atomic E-state index is -1.32. The van der Waals surface area contributed by atoms with Crippen molar-refractivity contribution in [3.63, 3.8) is 0 Å². The fourth-order valence-electron chi connectivity index (χ4n) is 4.00. The molecule has 3 atom stereocenters. The Morgan fingerprint density at radius 2 is 1.60 bits per heavy atom. The first-order valence-electron chi connectivity index (χ1n) is 10.7. The second-order valence-corrected chi connectivity index (χ2v) is 7.66. The van der Waals surface area contributed by atoms with Gasteiger partial charge in [-0.05, 0) is 23.3 Å². The molecule has 8 nitrogen and oxygen atoms in total. The third-order valence-electron chi connectivity index (χ3n) is 5.62. The molecular weight excluding hydrogens is 477 g/mol. The van der Waals surface area contributed by atoms with Crippen molar-refractivity contribution in [3.8, 4) is 11.5 Å². The fraction of sp³-hybridized carbons (Fsp3) is 0.231. The summed E-state index contributed by atoms with van der Waals surface area (Å²) < 4.78 is 22.4. The van der Waals surface area contributed by atoms with Crippen LogP contribution in [0.15, 0.2) is 78.9 Å². The van der Waals surface area contributed by atoms with E-state index in [-0.39, 0.29) is 58.0 Å². The van der Waals surface area contributed by atoms with Crippen LogP contribution in [0, 0.1) is 0 Å². The predicted molar refractivity (Wildman–Crippen MR) is 128 cm³/mol. The Balaban J connectivity index is 0.00000342. The van der Waals surface area contributed by atoms with Crippen LogP contribution in [0.3, 0.4) is 0 Å². The van der Waals surface area contributed by atoms with Crippen LogP contribution in [-0.2, 0) is 20.9 Å². The largest absolute Gasteiger partial charge is 0.497 e. The van der Waals surface area contributed by atoms with Gasteiger partial charge >= 0.3 is 12.1 Å². The van der Waals surface area contributed by atoms with Crippen molar-refractivity contribution < 1.29 is 33.6 Å². The third kappa shape index (κ3) is 6.06. The standard InChI is InChI=1S/C26H25NO7.K/c1-31-19-13-14-20(21(15-19)32-2)24-27(26(30)33-16-17-9-5-3-6-10-17)22(23(34-24)25(28)29)18-11-7-4-8-12-18;/h3-15,22-24H,16H2,1-2H3,(H,28,29);/t22-,23+,24?;/m0./s1. The van der Waals surface area contributed by atoms with E-state index >= 15 is 0 Å². The first kappa shape index (κ1) is 27.2. The van der Waals surface area contributed by atoms with Gasteiger partial charge in [-0.25, -0.2) is 9.59 Å². The van der Waals surface area contributed by atoms with E-state index in [1.807, 2.05) is 36.4 Å². The number of benzene rings is 3. The summed E-state index contributed by atoms with van der Waals surface area (Å²) in [5.41, 5.74) is 1.90. The monoisotopic (exact) mass is 502 g/mol. The molecule has 1 N–H and O–H groups in total. The molecule has 0 bridgehead atoms. The molecule has 4 rings (SSSR count). The maximum atomic E-state index is 13.4. The Hall–Kier alpha value is -2.40. The molecule has 1 saturated heterocycles. The number of carboxylic acids is 1. The van der Waals surface area contributed by atoms with Crippen LogP contribution >= 0.6 is 0 Å². The zero-order valence-corrected chi connectivity index (χ0v) is 22.9. The van der Waals surface area contributed by atoms with Crippen LogP contribution < -0.4 is 9.47 Å². The zero-order valence-electron chi connectivity index (χ0n) is 19.8. The van der Waals surface area contributed by atoms with Crippen molar-refractivity contribution in [2.24, 2.45) is 0 Å². The van der Waals surface area contributed by atoms with Crippen molar-refractivity contribution in [1.29, 1.82) is 0 Å². The number of carbonyl (C=O) groups is 2. The van der Waals surface area contributed by atoms with E-state index in [2.05, 4.69) is 0 Å². The molecule has 0 aliphatic carbocycles. The number of carbonyl (C=O) groups excluding carboxylic acids is 1. The smallest absolute Gasteiger partial charge is 0.413 e. The SMILES string of the molecule is COc1ccc(C2O[C@@H](C(=O)O)[C@H](c3ccccc3)N2C(=O)OCc2ccccc2)c(OC)c1.[K]. The van der Waals surface area contributed by atoms with Gasteiger partial charge in [0.1, 0.15) is 24.1 Å². The van der Waals surface area contributed by atoms with Gasteiger partial charge in [-0.3, -0.25) is 4.90 Å². The topological polar surface area (TPSA) is 94.5 Å². The molecule has 3 aromatic rings. The van der Waals surface area contributed by atoms with Crippen molar-refractivity contribution in [1.82, 2.24) is 4.90 Å². The first-order chi connectivity index (χ1) is 16.5. The van der Waals surface area contributed by atoms with Gasteiger partial charge < -0.3 is 24.1 Å². The second-order valence-electron chi connectivity index (χ2n) is 7.66. The van der Waals surface area contributed by atoms with Crippen molar-refractivity contribution >= 4 is 63.4 Å². The summed E-state index contributed by atoms with van der Waals surface area (Å²) in [6.07, 6.45) is -3.08. The summed E-state index contributed by atoms with van der Waals surface area (Å²) in [5.74, 6) is -0.251. The number of hydrogen-bond donors (Lipinski definition) is 1. The van der Waals surface area contributed by atoms with E-state index in [0.717, 1.165) is 5.56 Å². The number of rotatable bonds is 7. The van der Waals surface area contributed by atoms with Gasteiger partial charge in [-0.1, -0.05) is 60.7 Å². The average molecular weight is 503 g/mol. The van der Waals surface area contributed by atoms with E-state index in [1.165, 1.54) is 19.1 Å². The number of ether oxygens (including phenoxy) is 4. The maximum Gasteiger partial charge on any atom is 0.413 e.